The van der Waals surface area contributed by atoms with Crippen molar-refractivity contribution in [1.82, 2.24) is 5.32 Å². The molecule has 1 aromatic rings. The molecule has 3 rings (SSSR count). The summed E-state index contributed by atoms with van der Waals surface area (Å²) in [5, 5.41) is 12.7. The molecule has 0 amide bonds. The summed E-state index contributed by atoms with van der Waals surface area (Å²) in [6.07, 6.45) is -1.68. The maximum atomic E-state index is 12.6. The van der Waals surface area contributed by atoms with Gasteiger partial charge in [-0.2, -0.15) is 13.2 Å². The van der Waals surface area contributed by atoms with Crippen LogP contribution in [-0.4, -0.2) is 17.1 Å². The smallest absolute Gasteiger partial charge is 0.416 e. The zero-order valence-electron chi connectivity index (χ0n) is 11.3. The lowest BCUT2D eigenvalue weighted by molar-refractivity contribution is -0.143. The number of carbonyl (C=O) groups is 1. The van der Waals surface area contributed by atoms with Crippen molar-refractivity contribution in [3.63, 3.8) is 0 Å². The summed E-state index contributed by atoms with van der Waals surface area (Å²) in [6, 6.07) is 5.24. The van der Waals surface area contributed by atoms with Gasteiger partial charge in [0.15, 0.2) is 0 Å². The van der Waals surface area contributed by atoms with Gasteiger partial charge in [-0.05, 0) is 43.4 Å². The van der Waals surface area contributed by atoms with E-state index in [2.05, 4.69) is 5.32 Å². The number of carboxylic acids is 1. The minimum atomic E-state index is -4.35. The standard InChI is InChI=1S/C15H16F3NO2/c16-15(17,18)11-3-1-10(2-4-11)14-6-5-12(19-14)7-9(8-14)13(20)21/h1-4,9,12,19H,5-8H2,(H,20,21)/t9?,12-,14+/m1/s1. The van der Waals surface area contributed by atoms with Crippen LogP contribution in [0.3, 0.4) is 0 Å². The summed E-state index contributed by atoms with van der Waals surface area (Å²) in [4.78, 5) is 11.3. The molecule has 2 bridgehead atoms. The molecule has 0 aliphatic carbocycles. The van der Waals surface area contributed by atoms with Crippen LogP contribution in [-0.2, 0) is 16.5 Å². The number of benzene rings is 1. The number of hydrogen-bond donors (Lipinski definition) is 2. The van der Waals surface area contributed by atoms with E-state index in [9.17, 15) is 23.1 Å². The van der Waals surface area contributed by atoms with E-state index < -0.39 is 29.2 Å². The number of hydrogen-bond acceptors (Lipinski definition) is 2. The fraction of sp³-hybridized carbons (Fsp3) is 0.533. The Balaban J connectivity index is 1.90. The Labute approximate surface area is 120 Å². The normalized spacial score (nSPS) is 32.1. The van der Waals surface area contributed by atoms with Crippen LogP contribution in [0.1, 0.15) is 36.8 Å². The van der Waals surface area contributed by atoms with E-state index in [1.54, 1.807) is 0 Å². The minimum Gasteiger partial charge on any atom is -0.481 e. The third-order valence-electron chi connectivity index (χ3n) is 4.68. The molecule has 3 nitrogen and oxygen atoms in total. The van der Waals surface area contributed by atoms with Crippen LogP contribution >= 0.6 is 0 Å². The van der Waals surface area contributed by atoms with Gasteiger partial charge in [-0.15, -0.1) is 0 Å². The van der Waals surface area contributed by atoms with Crippen molar-refractivity contribution in [2.24, 2.45) is 5.92 Å². The molecule has 6 heteroatoms. The summed E-state index contributed by atoms with van der Waals surface area (Å²) < 4.78 is 37.9. The first kappa shape index (κ1) is 14.4. The predicted octanol–water partition coefficient (Wildman–Crippen LogP) is 3.15. The van der Waals surface area contributed by atoms with Gasteiger partial charge in [0, 0.05) is 11.6 Å². The van der Waals surface area contributed by atoms with Gasteiger partial charge in [0.2, 0.25) is 0 Å². The van der Waals surface area contributed by atoms with Gasteiger partial charge in [-0.25, -0.2) is 0 Å². The first-order valence-electron chi connectivity index (χ1n) is 6.98. The third kappa shape index (κ3) is 2.52. The first-order valence-corrected chi connectivity index (χ1v) is 6.98. The summed E-state index contributed by atoms with van der Waals surface area (Å²) >= 11 is 0. The fourth-order valence-corrected chi connectivity index (χ4v) is 3.65. The predicted molar refractivity (Wildman–Crippen MR) is 69.6 cm³/mol. The molecule has 2 saturated heterocycles. The number of rotatable bonds is 2. The van der Waals surface area contributed by atoms with E-state index in [0.29, 0.717) is 12.8 Å². The molecule has 2 aliphatic rings. The van der Waals surface area contributed by atoms with Gasteiger partial charge in [-0.3, -0.25) is 4.79 Å². The topological polar surface area (TPSA) is 49.3 Å². The average molecular weight is 299 g/mol. The Morgan fingerprint density at radius 2 is 1.95 bits per heavy atom. The molecule has 114 valence electrons. The van der Waals surface area contributed by atoms with Crippen LogP contribution in [0, 0.1) is 5.92 Å². The van der Waals surface area contributed by atoms with Gasteiger partial charge in [0.05, 0.1) is 11.5 Å². The van der Waals surface area contributed by atoms with Crippen molar-refractivity contribution >= 4 is 5.97 Å². The minimum absolute atomic E-state index is 0.141. The van der Waals surface area contributed by atoms with Crippen LogP contribution in [0.4, 0.5) is 13.2 Å². The Kier molecular flexibility index (Phi) is 3.24. The monoisotopic (exact) mass is 299 g/mol. The molecule has 0 spiro atoms. The van der Waals surface area contributed by atoms with Crippen molar-refractivity contribution in [3.8, 4) is 0 Å². The quantitative estimate of drug-likeness (QED) is 0.882. The highest BCUT2D eigenvalue weighted by Gasteiger charge is 2.48. The largest absolute Gasteiger partial charge is 0.481 e. The molecule has 21 heavy (non-hydrogen) atoms. The molecule has 2 fully saturated rings. The molecule has 0 saturated carbocycles. The lowest BCUT2D eigenvalue weighted by atomic mass is 9.78. The van der Waals surface area contributed by atoms with Crippen molar-refractivity contribution in [2.45, 2.75) is 43.4 Å². The van der Waals surface area contributed by atoms with Gasteiger partial charge >= 0.3 is 12.1 Å². The van der Waals surface area contributed by atoms with Crippen LogP contribution in [0.25, 0.3) is 0 Å². The van der Waals surface area contributed by atoms with E-state index in [0.717, 1.165) is 30.5 Å². The third-order valence-corrected chi connectivity index (χ3v) is 4.68. The van der Waals surface area contributed by atoms with Crippen molar-refractivity contribution in [2.75, 3.05) is 0 Å². The Bertz CT molecular complexity index is 555. The van der Waals surface area contributed by atoms with Crippen LogP contribution < -0.4 is 5.32 Å². The highest BCUT2D eigenvalue weighted by Crippen LogP contribution is 2.45. The van der Waals surface area contributed by atoms with E-state index in [4.69, 9.17) is 0 Å². The molecule has 0 radical (unpaired) electrons. The van der Waals surface area contributed by atoms with Gasteiger partial charge < -0.3 is 10.4 Å². The Morgan fingerprint density at radius 3 is 2.52 bits per heavy atom. The molecule has 2 N–H and O–H groups in total. The molecule has 2 aliphatic heterocycles. The molecule has 0 aromatic heterocycles. The Morgan fingerprint density at radius 1 is 1.29 bits per heavy atom. The van der Waals surface area contributed by atoms with E-state index in [-0.39, 0.29) is 6.04 Å². The van der Waals surface area contributed by atoms with Crippen LogP contribution in [0.15, 0.2) is 24.3 Å². The summed E-state index contributed by atoms with van der Waals surface area (Å²) in [5.41, 5.74) is -0.414. The van der Waals surface area contributed by atoms with E-state index >= 15 is 0 Å². The molecular formula is C15H16F3NO2. The lowest BCUT2D eigenvalue weighted by Crippen LogP contribution is -2.48. The number of aliphatic carboxylic acids is 1. The maximum Gasteiger partial charge on any atom is 0.416 e. The van der Waals surface area contributed by atoms with Crippen molar-refractivity contribution in [1.29, 1.82) is 0 Å². The molecular weight excluding hydrogens is 283 g/mol. The first-order chi connectivity index (χ1) is 9.80. The summed E-state index contributed by atoms with van der Waals surface area (Å²) in [5.74, 6) is -1.25. The number of alkyl halides is 3. The number of carboxylic acid groups (broad SMARTS) is 1. The number of nitrogens with one attached hydrogen (secondary N) is 1. The highest BCUT2D eigenvalue weighted by atomic mass is 19.4. The number of fused-ring (bicyclic) bond motifs is 2. The molecule has 1 aromatic carbocycles. The number of piperidine rings is 1. The van der Waals surface area contributed by atoms with Crippen LogP contribution in [0.2, 0.25) is 0 Å². The molecule has 2 heterocycles. The van der Waals surface area contributed by atoms with Gasteiger partial charge in [-0.1, -0.05) is 12.1 Å². The second kappa shape index (κ2) is 4.73. The van der Waals surface area contributed by atoms with E-state index in [1.807, 2.05) is 0 Å². The average Bonchev–Trinajstić information content (AvgIpc) is 2.74. The summed E-state index contributed by atoms with van der Waals surface area (Å²) in [6.45, 7) is 0. The second-order valence-electron chi connectivity index (χ2n) is 6.01. The highest BCUT2D eigenvalue weighted by molar-refractivity contribution is 5.70. The van der Waals surface area contributed by atoms with Gasteiger partial charge in [0.25, 0.3) is 0 Å². The molecule has 3 atom stereocenters. The summed E-state index contributed by atoms with van der Waals surface area (Å²) in [7, 11) is 0. The zero-order chi connectivity index (χ0) is 15.3. The maximum absolute atomic E-state index is 12.6. The van der Waals surface area contributed by atoms with Crippen molar-refractivity contribution < 1.29 is 23.1 Å². The SMILES string of the molecule is O=C(O)C1C[C@H]2CC[C@@](c3ccc(C(F)(F)F)cc3)(C1)N2. The number of halogens is 3. The van der Waals surface area contributed by atoms with Gasteiger partial charge in [0.1, 0.15) is 0 Å². The molecule has 1 unspecified atom stereocenters. The zero-order valence-corrected chi connectivity index (χ0v) is 11.3. The lowest BCUT2D eigenvalue weighted by Gasteiger charge is -2.38. The van der Waals surface area contributed by atoms with Crippen LogP contribution in [0.5, 0.6) is 0 Å². The Hall–Kier alpha value is -1.56. The van der Waals surface area contributed by atoms with E-state index in [1.165, 1.54) is 12.1 Å². The fourth-order valence-electron chi connectivity index (χ4n) is 3.65. The second-order valence-corrected chi connectivity index (χ2v) is 6.01. The van der Waals surface area contributed by atoms with Crippen molar-refractivity contribution in [3.05, 3.63) is 35.4 Å².